The second kappa shape index (κ2) is 5.78. The summed E-state index contributed by atoms with van der Waals surface area (Å²) >= 11 is 0. The van der Waals surface area contributed by atoms with Gasteiger partial charge in [-0.15, -0.1) is 0 Å². The van der Waals surface area contributed by atoms with Gasteiger partial charge in [0.15, 0.2) is 0 Å². The average Bonchev–Trinajstić information content (AvgIpc) is 2.83. The van der Waals surface area contributed by atoms with Gasteiger partial charge in [0.05, 0.1) is 0 Å². The molecular weight excluding hydrogens is 226 g/mol. The average molecular weight is 245 g/mol. The Kier molecular flexibility index (Phi) is 4.11. The highest BCUT2D eigenvalue weighted by molar-refractivity contribution is 5.33. The molecule has 0 aromatic carbocycles. The van der Waals surface area contributed by atoms with Gasteiger partial charge in [-0.2, -0.15) is 5.26 Å². The number of rotatable bonds is 4. The summed E-state index contributed by atoms with van der Waals surface area (Å²) < 4.78 is 0. The van der Waals surface area contributed by atoms with Crippen LogP contribution in [0.3, 0.4) is 0 Å². The summed E-state index contributed by atoms with van der Waals surface area (Å²) in [7, 11) is 0. The van der Waals surface area contributed by atoms with E-state index < -0.39 is 0 Å². The summed E-state index contributed by atoms with van der Waals surface area (Å²) in [4.78, 5) is 10.9. The third-order valence-electron chi connectivity index (χ3n) is 3.37. The topological polar surface area (TPSA) is 64.8 Å². The largest absolute Gasteiger partial charge is 0.353 e. The third-order valence-corrected chi connectivity index (χ3v) is 3.37. The fourth-order valence-electron chi connectivity index (χ4n) is 2.46. The van der Waals surface area contributed by atoms with Crippen molar-refractivity contribution in [3.63, 3.8) is 0 Å². The summed E-state index contributed by atoms with van der Waals surface area (Å²) in [5.41, 5.74) is 1.24. The van der Waals surface area contributed by atoms with E-state index in [1.807, 2.05) is 6.92 Å². The lowest BCUT2D eigenvalue weighted by molar-refractivity contribution is 0.277. The van der Waals surface area contributed by atoms with Crippen LogP contribution in [0.15, 0.2) is 6.07 Å². The molecule has 5 nitrogen and oxygen atoms in total. The second-order valence-corrected chi connectivity index (χ2v) is 4.64. The van der Waals surface area contributed by atoms with Gasteiger partial charge in [-0.25, -0.2) is 9.97 Å². The maximum absolute atomic E-state index is 8.87. The first kappa shape index (κ1) is 12.8. The number of nitrogens with one attached hydrogen (secondary N) is 1. The standard InChI is InChI=1S/C13H19N5/c1-3-18-6-4-5-12(18)9-15-13-16-10(2)7-11(8-14)17-13/h7,12H,3-6,9H2,1-2H3,(H,15,16,17). The minimum Gasteiger partial charge on any atom is -0.353 e. The zero-order valence-electron chi connectivity index (χ0n) is 11.0. The van der Waals surface area contributed by atoms with Crippen LogP contribution in [0.5, 0.6) is 0 Å². The van der Waals surface area contributed by atoms with Crippen molar-refractivity contribution in [1.82, 2.24) is 14.9 Å². The van der Waals surface area contributed by atoms with Crippen molar-refractivity contribution in [2.75, 3.05) is 25.0 Å². The fraction of sp³-hybridized carbons (Fsp3) is 0.615. The van der Waals surface area contributed by atoms with Gasteiger partial charge >= 0.3 is 0 Å². The van der Waals surface area contributed by atoms with E-state index in [1.54, 1.807) is 6.07 Å². The minimum absolute atomic E-state index is 0.420. The Morgan fingerprint density at radius 2 is 2.39 bits per heavy atom. The predicted molar refractivity (Wildman–Crippen MR) is 70.2 cm³/mol. The van der Waals surface area contributed by atoms with Crippen LogP contribution in [-0.4, -0.2) is 40.5 Å². The third kappa shape index (κ3) is 2.96. The van der Waals surface area contributed by atoms with Gasteiger partial charge in [-0.05, 0) is 38.9 Å². The van der Waals surface area contributed by atoms with Crippen LogP contribution in [-0.2, 0) is 0 Å². The number of hydrogen-bond acceptors (Lipinski definition) is 5. The van der Waals surface area contributed by atoms with E-state index in [1.165, 1.54) is 19.4 Å². The molecule has 96 valence electrons. The molecule has 18 heavy (non-hydrogen) atoms. The van der Waals surface area contributed by atoms with Crippen LogP contribution >= 0.6 is 0 Å². The lowest BCUT2D eigenvalue weighted by Gasteiger charge is -2.22. The Balaban J connectivity index is 1.98. The van der Waals surface area contributed by atoms with Crippen LogP contribution in [0.4, 0.5) is 5.95 Å². The Hall–Kier alpha value is -1.67. The van der Waals surface area contributed by atoms with E-state index in [0.29, 0.717) is 17.7 Å². The van der Waals surface area contributed by atoms with Gasteiger partial charge in [0, 0.05) is 18.3 Å². The number of nitriles is 1. The molecule has 2 heterocycles. The molecule has 1 atom stereocenters. The Morgan fingerprint density at radius 1 is 1.56 bits per heavy atom. The number of aryl methyl sites for hydroxylation is 1. The lowest BCUT2D eigenvalue weighted by Crippen LogP contribution is -2.35. The molecule has 1 aromatic rings. The highest BCUT2D eigenvalue weighted by Crippen LogP contribution is 2.16. The molecule has 1 unspecified atom stereocenters. The Labute approximate surface area is 108 Å². The van der Waals surface area contributed by atoms with Crippen LogP contribution in [0.1, 0.15) is 31.2 Å². The maximum Gasteiger partial charge on any atom is 0.224 e. The first-order valence-corrected chi connectivity index (χ1v) is 6.46. The van der Waals surface area contributed by atoms with E-state index in [4.69, 9.17) is 5.26 Å². The molecule has 0 bridgehead atoms. The summed E-state index contributed by atoms with van der Waals surface area (Å²) in [5.74, 6) is 0.564. The molecule has 1 saturated heterocycles. The predicted octanol–water partition coefficient (Wildman–Crippen LogP) is 1.55. The Bertz CT molecular complexity index is 451. The summed E-state index contributed by atoms with van der Waals surface area (Å²) in [6.45, 7) is 7.19. The first-order chi connectivity index (χ1) is 8.72. The first-order valence-electron chi connectivity index (χ1n) is 6.46. The normalized spacial score (nSPS) is 19.7. The fourth-order valence-corrected chi connectivity index (χ4v) is 2.46. The molecular formula is C13H19N5. The molecule has 0 radical (unpaired) electrons. The summed E-state index contributed by atoms with van der Waals surface area (Å²) in [5, 5.41) is 12.1. The van der Waals surface area contributed by atoms with Crippen LogP contribution in [0, 0.1) is 18.3 Å². The molecule has 0 aliphatic carbocycles. The van der Waals surface area contributed by atoms with E-state index >= 15 is 0 Å². The molecule has 0 amide bonds. The zero-order chi connectivity index (χ0) is 13.0. The molecule has 2 rings (SSSR count). The maximum atomic E-state index is 8.87. The van der Waals surface area contributed by atoms with Crippen molar-refractivity contribution < 1.29 is 0 Å². The van der Waals surface area contributed by atoms with Gasteiger partial charge < -0.3 is 5.32 Å². The van der Waals surface area contributed by atoms with Crippen molar-refractivity contribution in [1.29, 1.82) is 5.26 Å². The number of hydrogen-bond donors (Lipinski definition) is 1. The number of nitrogens with zero attached hydrogens (tertiary/aromatic N) is 4. The van der Waals surface area contributed by atoms with Gasteiger partial charge in [0.2, 0.25) is 5.95 Å². The second-order valence-electron chi connectivity index (χ2n) is 4.64. The van der Waals surface area contributed by atoms with Crippen molar-refractivity contribution in [3.05, 3.63) is 17.5 Å². The molecule has 1 aliphatic rings. The zero-order valence-corrected chi connectivity index (χ0v) is 11.0. The molecule has 1 aromatic heterocycles. The van der Waals surface area contributed by atoms with E-state index in [2.05, 4.69) is 33.2 Å². The van der Waals surface area contributed by atoms with Crippen LogP contribution < -0.4 is 5.32 Å². The van der Waals surface area contributed by atoms with Gasteiger partial charge in [0.25, 0.3) is 0 Å². The van der Waals surface area contributed by atoms with E-state index in [0.717, 1.165) is 18.8 Å². The monoisotopic (exact) mass is 245 g/mol. The van der Waals surface area contributed by atoms with E-state index in [9.17, 15) is 0 Å². The van der Waals surface area contributed by atoms with Crippen molar-refractivity contribution in [2.24, 2.45) is 0 Å². The molecule has 1 aliphatic heterocycles. The smallest absolute Gasteiger partial charge is 0.224 e. The molecule has 1 N–H and O–H groups in total. The van der Waals surface area contributed by atoms with Crippen LogP contribution in [0.2, 0.25) is 0 Å². The molecule has 5 heteroatoms. The number of anilines is 1. The Morgan fingerprint density at radius 3 is 3.11 bits per heavy atom. The molecule has 1 fully saturated rings. The quantitative estimate of drug-likeness (QED) is 0.872. The lowest BCUT2D eigenvalue weighted by atomic mass is 10.2. The SMILES string of the molecule is CCN1CCCC1CNc1nc(C)cc(C#N)n1. The molecule has 0 saturated carbocycles. The summed E-state index contributed by atoms with van der Waals surface area (Å²) in [6, 6.07) is 4.31. The van der Waals surface area contributed by atoms with Crippen molar-refractivity contribution in [2.45, 2.75) is 32.7 Å². The number of likely N-dealkylation sites (N-methyl/N-ethyl adjacent to an activating group) is 1. The number of likely N-dealkylation sites (tertiary alicyclic amines) is 1. The van der Waals surface area contributed by atoms with Gasteiger partial charge in [0.1, 0.15) is 11.8 Å². The van der Waals surface area contributed by atoms with Crippen LogP contribution in [0.25, 0.3) is 0 Å². The van der Waals surface area contributed by atoms with Gasteiger partial charge in [-0.3, -0.25) is 4.90 Å². The summed E-state index contributed by atoms with van der Waals surface area (Å²) in [6.07, 6.45) is 2.48. The van der Waals surface area contributed by atoms with E-state index in [-0.39, 0.29) is 0 Å². The van der Waals surface area contributed by atoms with Gasteiger partial charge in [-0.1, -0.05) is 6.92 Å². The number of aromatic nitrogens is 2. The molecule has 0 spiro atoms. The highest BCUT2D eigenvalue weighted by atomic mass is 15.2. The van der Waals surface area contributed by atoms with Crippen molar-refractivity contribution in [3.8, 4) is 6.07 Å². The van der Waals surface area contributed by atoms with Crippen molar-refractivity contribution >= 4 is 5.95 Å². The highest BCUT2D eigenvalue weighted by Gasteiger charge is 2.22. The minimum atomic E-state index is 0.420.